The van der Waals surface area contributed by atoms with Crippen molar-refractivity contribution < 1.29 is 9.53 Å². The Kier molecular flexibility index (Phi) is 3.12. The van der Waals surface area contributed by atoms with Crippen LogP contribution in [0.3, 0.4) is 0 Å². The quantitative estimate of drug-likeness (QED) is 0.803. The lowest BCUT2D eigenvalue weighted by atomic mass is 9.94. The van der Waals surface area contributed by atoms with E-state index in [0.29, 0.717) is 31.2 Å². The number of ether oxygens (including phenoxy) is 1. The van der Waals surface area contributed by atoms with Crippen molar-refractivity contribution in [3.8, 4) is 5.82 Å². The van der Waals surface area contributed by atoms with Crippen molar-refractivity contribution in [2.75, 3.05) is 32.8 Å². The van der Waals surface area contributed by atoms with Crippen molar-refractivity contribution in [1.29, 1.82) is 0 Å². The summed E-state index contributed by atoms with van der Waals surface area (Å²) in [6.45, 7) is 3.35. The molecule has 2 aromatic rings. The summed E-state index contributed by atoms with van der Waals surface area (Å²) in [5.41, 5.74) is 0.203. The summed E-state index contributed by atoms with van der Waals surface area (Å²) in [5.74, 6) is 0.508. The van der Waals surface area contributed by atoms with Crippen molar-refractivity contribution in [2.24, 2.45) is 0 Å². The number of pyridine rings is 1. The summed E-state index contributed by atoms with van der Waals surface area (Å²) in [6.07, 6.45) is 2.99. The SMILES string of the molecule is O=C(c1cccc(-n2cncn2)n1)N1CCOC2(CNC2)C1. The first-order valence-corrected chi connectivity index (χ1v) is 7.22. The molecule has 4 heterocycles. The Bertz CT molecular complexity index is 682. The highest BCUT2D eigenvalue weighted by atomic mass is 16.5. The van der Waals surface area contributed by atoms with Gasteiger partial charge in [-0.1, -0.05) is 6.07 Å². The van der Waals surface area contributed by atoms with Gasteiger partial charge in [-0.15, -0.1) is 0 Å². The molecule has 4 rings (SSSR count). The molecule has 1 N–H and O–H groups in total. The van der Waals surface area contributed by atoms with Gasteiger partial charge in [-0.3, -0.25) is 4.79 Å². The molecule has 1 amide bonds. The lowest BCUT2D eigenvalue weighted by Crippen LogP contribution is -2.69. The number of morpholine rings is 1. The predicted molar refractivity (Wildman–Crippen MR) is 76.6 cm³/mol. The number of hydrogen-bond donors (Lipinski definition) is 1. The third kappa shape index (κ3) is 2.26. The molecular weight excluding hydrogens is 284 g/mol. The zero-order valence-electron chi connectivity index (χ0n) is 12.0. The zero-order valence-corrected chi connectivity index (χ0v) is 12.0. The van der Waals surface area contributed by atoms with E-state index in [9.17, 15) is 4.79 Å². The molecule has 1 spiro atoms. The van der Waals surface area contributed by atoms with E-state index in [2.05, 4.69) is 20.4 Å². The van der Waals surface area contributed by atoms with E-state index in [1.807, 2.05) is 4.90 Å². The van der Waals surface area contributed by atoms with Gasteiger partial charge in [0.25, 0.3) is 5.91 Å². The topological polar surface area (TPSA) is 85.2 Å². The predicted octanol–water partition coefficient (Wildman–Crippen LogP) is -0.523. The summed E-state index contributed by atoms with van der Waals surface area (Å²) >= 11 is 0. The van der Waals surface area contributed by atoms with Gasteiger partial charge in [0.2, 0.25) is 0 Å². The maximum Gasteiger partial charge on any atom is 0.272 e. The Labute approximate surface area is 127 Å². The van der Waals surface area contributed by atoms with E-state index in [4.69, 9.17) is 4.74 Å². The van der Waals surface area contributed by atoms with Gasteiger partial charge in [0.05, 0.1) is 13.2 Å². The molecule has 8 heteroatoms. The highest BCUT2D eigenvalue weighted by Crippen LogP contribution is 2.23. The Morgan fingerprint density at radius 1 is 1.36 bits per heavy atom. The molecule has 0 radical (unpaired) electrons. The third-order valence-corrected chi connectivity index (χ3v) is 4.04. The summed E-state index contributed by atoms with van der Waals surface area (Å²) in [7, 11) is 0. The van der Waals surface area contributed by atoms with Crippen LogP contribution in [-0.4, -0.2) is 68.9 Å². The minimum atomic E-state index is -0.211. The molecule has 2 aromatic heterocycles. The van der Waals surface area contributed by atoms with Crippen molar-refractivity contribution in [3.05, 3.63) is 36.5 Å². The third-order valence-electron chi connectivity index (χ3n) is 4.04. The summed E-state index contributed by atoms with van der Waals surface area (Å²) in [6, 6.07) is 5.32. The maximum absolute atomic E-state index is 12.7. The normalized spacial score (nSPS) is 19.9. The Hall–Kier alpha value is -2.32. The number of nitrogens with zero attached hydrogens (tertiary/aromatic N) is 5. The molecule has 0 aromatic carbocycles. The molecule has 0 unspecified atom stereocenters. The number of hydrogen-bond acceptors (Lipinski definition) is 6. The molecule has 0 saturated carbocycles. The minimum Gasteiger partial charge on any atom is -0.369 e. The Morgan fingerprint density at radius 3 is 3.00 bits per heavy atom. The second kappa shape index (κ2) is 5.15. The average molecular weight is 300 g/mol. The van der Waals surface area contributed by atoms with Crippen LogP contribution in [0.25, 0.3) is 5.82 Å². The molecule has 0 bridgehead atoms. The maximum atomic E-state index is 12.7. The van der Waals surface area contributed by atoms with Crippen LogP contribution in [0.1, 0.15) is 10.5 Å². The molecule has 8 nitrogen and oxygen atoms in total. The highest BCUT2D eigenvalue weighted by Gasteiger charge is 2.43. The minimum absolute atomic E-state index is 0.0726. The van der Waals surface area contributed by atoms with Gasteiger partial charge >= 0.3 is 0 Å². The highest BCUT2D eigenvalue weighted by molar-refractivity contribution is 5.92. The number of amides is 1. The van der Waals surface area contributed by atoms with Gasteiger partial charge in [-0.05, 0) is 12.1 Å². The molecule has 0 aliphatic carbocycles. The van der Waals surface area contributed by atoms with Crippen LogP contribution in [0, 0.1) is 0 Å². The van der Waals surface area contributed by atoms with E-state index in [1.54, 1.807) is 24.5 Å². The second-order valence-electron chi connectivity index (χ2n) is 5.58. The summed E-state index contributed by atoms with van der Waals surface area (Å²) < 4.78 is 7.34. The fraction of sp³-hybridized carbons (Fsp3) is 0.429. The van der Waals surface area contributed by atoms with Crippen LogP contribution in [0.5, 0.6) is 0 Å². The van der Waals surface area contributed by atoms with Gasteiger partial charge in [-0.2, -0.15) is 5.10 Å². The average Bonchev–Trinajstić information content (AvgIpc) is 3.07. The first-order chi connectivity index (χ1) is 10.8. The van der Waals surface area contributed by atoms with E-state index < -0.39 is 0 Å². The number of carbonyl (C=O) groups excluding carboxylic acids is 1. The molecule has 2 saturated heterocycles. The summed E-state index contributed by atoms with van der Waals surface area (Å²) in [4.78, 5) is 22.8. The van der Waals surface area contributed by atoms with Crippen LogP contribution >= 0.6 is 0 Å². The molecule has 114 valence electrons. The molecule has 2 aliphatic heterocycles. The number of nitrogens with one attached hydrogen (secondary N) is 1. The van der Waals surface area contributed by atoms with Gasteiger partial charge in [0.15, 0.2) is 5.82 Å². The largest absolute Gasteiger partial charge is 0.369 e. The molecule has 2 aliphatic rings. The van der Waals surface area contributed by atoms with E-state index in [0.717, 1.165) is 13.1 Å². The first kappa shape index (κ1) is 13.4. The van der Waals surface area contributed by atoms with Gasteiger partial charge in [-0.25, -0.2) is 14.6 Å². The standard InChI is InChI=1S/C14H16N6O2/c21-13(19-4-5-22-14(8-19)6-15-7-14)11-2-1-3-12(18-11)20-10-16-9-17-20/h1-3,9-10,15H,4-8H2. The molecule has 2 fully saturated rings. The van der Waals surface area contributed by atoms with Gasteiger partial charge in [0.1, 0.15) is 23.9 Å². The molecular formula is C14H16N6O2. The van der Waals surface area contributed by atoms with Crippen LogP contribution < -0.4 is 5.32 Å². The van der Waals surface area contributed by atoms with Gasteiger partial charge in [0, 0.05) is 19.6 Å². The monoisotopic (exact) mass is 300 g/mol. The van der Waals surface area contributed by atoms with Crippen LogP contribution in [0.15, 0.2) is 30.9 Å². The van der Waals surface area contributed by atoms with Crippen molar-refractivity contribution in [2.45, 2.75) is 5.60 Å². The summed E-state index contributed by atoms with van der Waals surface area (Å²) in [5, 5.41) is 7.24. The fourth-order valence-corrected chi connectivity index (χ4v) is 2.79. The number of aromatic nitrogens is 4. The smallest absolute Gasteiger partial charge is 0.272 e. The molecule has 0 atom stereocenters. The van der Waals surface area contributed by atoms with Crippen LogP contribution in [0.2, 0.25) is 0 Å². The van der Waals surface area contributed by atoms with E-state index >= 15 is 0 Å². The Morgan fingerprint density at radius 2 is 2.27 bits per heavy atom. The number of carbonyl (C=O) groups is 1. The van der Waals surface area contributed by atoms with Crippen LogP contribution in [-0.2, 0) is 4.74 Å². The molecule has 22 heavy (non-hydrogen) atoms. The lowest BCUT2D eigenvalue weighted by molar-refractivity contribution is -0.126. The fourth-order valence-electron chi connectivity index (χ4n) is 2.79. The van der Waals surface area contributed by atoms with E-state index in [1.165, 1.54) is 11.0 Å². The first-order valence-electron chi connectivity index (χ1n) is 7.22. The number of rotatable bonds is 2. The Balaban J connectivity index is 1.56. The van der Waals surface area contributed by atoms with Crippen LogP contribution in [0.4, 0.5) is 0 Å². The van der Waals surface area contributed by atoms with Crippen molar-refractivity contribution >= 4 is 5.91 Å². The second-order valence-corrected chi connectivity index (χ2v) is 5.58. The van der Waals surface area contributed by atoms with Crippen molar-refractivity contribution in [1.82, 2.24) is 30.0 Å². The lowest BCUT2D eigenvalue weighted by Gasteiger charge is -2.48. The van der Waals surface area contributed by atoms with Gasteiger partial charge < -0.3 is 15.0 Å². The van der Waals surface area contributed by atoms with Crippen molar-refractivity contribution in [3.63, 3.8) is 0 Å². The zero-order chi connectivity index (χ0) is 15.0. The van der Waals surface area contributed by atoms with E-state index in [-0.39, 0.29) is 11.5 Å².